The summed E-state index contributed by atoms with van der Waals surface area (Å²) >= 11 is 6.77. The molecule has 2 heterocycles. The lowest BCUT2D eigenvalue weighted by molar-refractivity contribution is 0.134. The molecular weight excluding hydrogens is 360 g/mol. The average molecular weight is 387 g/mol. The zero-order valence-electron chi connectivity index (χ0n) is 15.8. The Balaban J connectivity index is 1.68. The van der Waals surface area contributed by atoms with Crippen LogP contribution in [0, 0.1) is 6.92 Å². The molecule has 1 aliphatic heterocycles. The Morgan fingerprint density at radius 3 is 2.70 bits per heavy atom. The van der Waals surface area contributed by atoms with Crippen molar-refractivity contribution in [3.63, 3.8) is 0 Å². The molecule has 5 nitrogen and oxygen atoms in total. The fourth-order valence-electron chi connectivity index (χ4n) is 4.36. The summed E-state index contributed by atoms with van der Waals surface area (Å²) in [6, 6.07) is 8.59. The van der Waals surface area contributed by atoms with E-state index in [9.17, 15) is 0 Å². The zero-order valence-corrected chi connectivity index (χ0v) is 16.6. The van der Waals surface area contributed by atoms with Crippen LogP contribution in [0.2, 0.25) is 5.02 Å². The van der Waals surface area contributed by atoms with Gasteiger partial charge in [0.2, 0.25) is 5.95 Å². The van der Waals surface area contributed by atoms with E-state index in [2.05, 4.69) is 33.1 Å². The van der Waals surface area contributed by atoms with Crippen LogP contribution in [0.3, 0.4) is 0 Å². The normalized spacial score (nSPS) is 21.4. The minimum Gasteiger partial charge on any atom is -0.379 e. The van der Waals surface area contributed by atoms with Crippen molar-refractivity contribution >= 4 is 23.4 Å². The Hall–Kier alpha value is -1.85. The second kappa shape index (κ2) is 8.03. The molecule has 2 aromatic rings. The van der Waals surface area contributed by atoms with Crippen LogP contribution in [0.15, 0.2) is 24.3 Å². The molecular formula is C21H27ClN4O. The van der Waals surface area contributed by atoms with Crippen LogP contribution < -0.4 is 10.6 Å². The second-order valence-corrected chi connectivity index (χ2v) is 8.03. The van der Waals surface area contributed by atoms with E-state index in [0.29, 0.717) is 18.5 Å². The molecule has 4 rings (SSSR count). The molecule has 144 valence electrons. The lowest BCUT2D eigenvalue weighted by Gasteiger charge is -2.31. The highest BCUT2D eigenvalue weighted by Gasteiger charge is 2.27. The lowest BCUT2D eigenvalue weighted by atomic mass is 9.95. The van der Waals surface area contributed by atoms with Crippen molar-refractivity contribution in [1.29, 1.82) is 0 Å². The highest BCUT2D eigenvalue weighted by atomic mass is 35.5. The Morgan fingerprint density at radius 1 is 1.15 bits per heavy atom. The van der Waals surface area contributed by atoms with Crippen molar-refractivity contribution < 1.29 is 4.74 Å². The first-order valence-electron chi connectivity index (χ1n) is 9.86. The molecule has 0 bridgehead atoms. The Labute approximate surface area is 165 Å². The number of halogens is 1. The van der Waals surface area contributed by atoms with Gasteiger partial charge in [0, 0.05) is 29.9 Å². The van der Waals surface area contributed by atoms with Gasteiger partial charge in [-0.1, -0.05) is 36.6 Å². The minimum absolute atomic E-state index is 0.0197. The summed E-state index contributed by atoms with van der Waals surface area (Å²) in [6.45, 7) is 4.12. The molecule has 2 aliphatic rings. The largest absolute Gasteiger partial charge is 0.379 e. The summed E-state index contributed by atoms with van der Waals surface area (Å²) in [4.78, 5) is 10.9. The van der Waals surface area contributed by atoms with Crippen LogP contribution in [0.4, 0.5) is 11.8 Å². The molecule has 0 spiro atoms. The van der Waals surface area contributed by atoms with Crippen molar-refractivity contribution in [2.75, 3.05) is 30.4 Å². The summed E-state index contributed by atoms with van der Waals surface area (Å²) < 4.78 is 5.88. The van der Waals surface area contributed by atoms with E-state index in [-0.39, 0.29) is 6.04 Å². The molecule has 0 amide bonds. The molecule has 0 radical (unpaired) electrons. The van der Waals surface area contributed by atoms with Crippen molar-refractivity contribution in [3.8, 4) is 0 Å². The van der Waals surface area contributed by atoms with Crippen LogP contribution in [0.1, 0.15) is 60.9 Å². The predicted octanol–water partition coefficient (Wildman–Crippen LogP) is 4.65. The third-order valence-electron chi connectivity index (χ3n) is 5.70. The molecule has 1 aromatic heterocycles. The molecule has 1 aromatic carbocycles. The number of ether oxygens (including phenoxy) is 1. The first kappa shape index (κ1) is 18.5. The molecule has 1 saturated heterocycles. The monoisotopic (exact) mass is 386 g/mol. The number of nitrogen functional groups attached to an aromatic ring is 1. The summed E-state index contributed by atoms with van der Waals surface area (Å²) in [6.07, 6.45) is 6.13. The SMILES string of the molecule is Cc1cc(N2CCCOCC2c2ccc(C3CCCC3)cc2Cl)nc(N)n1. The Bertz CT molecular complexity index is 787. The smallest absolute Gasteiger partial charge is 0.222 e. The van der Waals surface area contributed by atoms with E-state index in [1.54, 1.807) is 0 Å². The molecule has 2 fully saturated rings. The first-order chi connectivity index (χ1) is 13.1. The number of hydrogen-bond acceptors (Lipinski definition) is 5. The molecule has 27 heavy (non-hydrogen) atoms. The van der Waals surface area contributed by atoms with Gasteiger partial charge in [-0.3, -0.25) is 0 Å². The van der Waals surface area contributed by atoms with E-state index in [1.807, 2.05) is 13.0 Å². The minimum atomic E-state index is 0.0197. The molecule has 1 aliphatic carbocycles. The fraction of sp³-hybridized carbons (Fsp3) is 0.524. The van der Waals surface area contributed by atoms with Crippen LogP contribution in [-0.4, -0.2) is 29.7 Å². The number of nitrogens with two attached hydrogens (primary N) is 1. The molecule has 2 N–H and O–H groups in total. The number of aromatic nitrogens is 2. The average Bonchev–Trinajstić information content (AvgIpc) is 3.06. The van der Waals surface area contributed by atoms with Crippen molar-refractivity contribution in [3.05, 3.63) is 46.1 Å². The molecule has 1 unspecified atom stereocenters. The van der Waals surface area contributed by atoms with E-state index in [1.165, 1.54) is 31.2 Å². The van der Waals surface area contributed by atoms with Gasteiger partial charge < -0.3 is 15.4 Å². The van der Waals surface area contributed by atoms with Gasteiger partial charge in [-0.15, -0.1) is 0 Å². The number of aryl methyl sites for hydroxylation is 1. The standard InChI is InChI=1S/C21H27ClN4O/c1-14-11-20(25-21(23)24-14)26-9-4-10-27-13-19(26)17-8-7-16(12-18(17)22)15-5-2-3-6-15/h7-8,11-12,15,19H,2-6,9-10,13H2,1H3,(H2,23,24,25). The molecule has 1 atom stereocenters. The highest BCUT2D eigenvalue weighted by molar-refractivity contribution is 6.31. The van der Waals surface area contributed by atoms with Crippen LogP contribution >= 0.6 is 11.6 Å². The number of hydrogen-bond donors (Lipinski definition) is 1. The number of nitrogens with zero attached hydrogens (tertiary/aromatic N) is 3. The van der Waals surface area contributed by atoms with Gasteiger partial charge >= 0.3 is 0 Å². The van der Waals surface area contributed by atoms with Crippen LogP contribution in [0.25, 0.3) is 0 Å². The van der Waals surface area contributed by atoms with Crippen LogP contribution in [-0.2, 0) is 4.74 Å². The maximum absolute atomic E-state index is 6.77. The van der Waals surface area contributed by atoms with E-state index in [4.69, 9.17) is 22.1 Å². The molecule has 1 saturated carbocycles. The maximum atomic E-state index is 6.77. The number of rotatable bonds is 3. The van der Waals surface area contributed by atoms with Crippen molar-refractivity contribution in [2.45, 2.75) is 51.0 Å². The number of anilines is 2. The highest BCUT2D eigenvalue weighted by Crippen LogP contribution is 2.38. The Kier molecular flexibility index (Phi) is 5.50. The van der Waals surface area contributed by atoms with E-state index in [0.717, 1.165) is 41.7 Å². The number of benzene rings is 1. The quantitative estimate of drug-likeness (QED) is 0.831. The van der Waals surface area contributed by atoms with E-state index >= 15 is 0 Å². The molecule has 6 heteroatoms. The van der Waals surface area contributed by atoms with Crippen molar-refractivity contribution in [1.82, 2.24) is 9.97 Å². The summed E-state index contributed by atoms with van der Waals surface area (Å²) in [5.41, 5.74) is 9.23. The maximum Gasteiger partial charge on any atom is 0.222 e. The second-order valence-electron chi connectivity index (χ2n) is 7.63. The van der Waals surface area contributed by atoms with E-state index < -0.39 is 0 Å². The first-order valence-corrected chi connectivity index (χ1v) is 10.2. The van der Waals surface area contributed by atoms with Gasteiger partial charge in [-0.2, -0.15) is 4.98 Å². The van der Waals surface area contributed by atoms with Crippen molar-refractivity contribution in [2.24, 2.45) is 0 Å². The van der Waals surface area contributed by atoms with Crippen LogP contribution in [0.5, 0.6) is 0 Å². The van der Waals surface area contributed by atoms with Gasteiger partial charge in [0.1, 0.15) is 5.82 Å². The topological polar surface area (TPSA) is 64.3 Å². The zero-order chi connectivity index (χ0) is 18.8. The van der Waals surface area contributed by atoms with Gasteiger partial charge in [0.05, 0.1) is 12.6 Å². The van der Waals surface area contributed by atoms with Gasteiger partial charge in [-0.05, 0) is 49.3 Å². The third-order valence-corrected chi connectivity index (χ3v) is 6.03. The summed E-state index contributed by atoms with van der Waals surface area (Å²) in [7, 11) is 0. The third kappa shape index (κ3) is 4.04. The van der Waals surface area contributed by atoms with Gasteiger partial charge in [-0.25, -0.2) is 4.98 Å². The summed E-state index contributed by atoms with van der Waals surface area (Å²) in [5, 5.41) is 0.818. The lowest BCUT2D eigenvalue weighted by Crippen LogP contribution is -2.32. The predicted molar refractivity (Wildman–Crippen MR) is 109 cm³/mol. The van der Waals surface area contributed by atoms with Gasteiger partial charge in [0.25, 0.3) is 0 Å². The van der Waals surface area contributed by atoms with Gasteiger partial charge in [0.15, 0.2) is 0 Å². The fourth-order valence-corrected chi connectivity index (χ4v) is 4.67. The summed E-state index contributed by atoms with van der Waals surface area (Å²) in [5.74, 6) is 1.80. The Morgan fingerprint density at radius 2 is 1.96 bits per heavy atom.